The molecule has 2 atom stereocenters. The lowest BCUT2D eigenvalue weighted by atomic mass is 10.1. The summed E-state index contributed by atoms with van der Waals surface area (Å²) in [6.45, 7) is 0. The van der Waals surface area contributed by atoms with E-state index in [1.807, 2.05) is 0 Å². The largest absolute Gasteiger partial charge is 0.141 e. The molecule has 0 saturated carbocycles. The highest BCUT2D eigenvalue weighted by atomic mass is 32.2. The smallest absolute Gasteiger partial charge is 0.0756 e. The fraction of sp³-hybridized carbons (Fsp3) is 0.333. The van der Waals surface area contributed by atoms with Gasteiger partial charge in [0.25, 0.3) is 0 Å². The lowest BCUT2D eigenvalue weighted by Gasteiger charge is -2.25. The number of rotatable bonds is 4. The molecule has 4 rings (SSSR count). The van der Waals surface area contributed by atoms with Crippen molar-refractivity contribution in [3.05, 3.63) is 71.8 Å². The maximum absolute atomic E-state index is 2.27. The summed E-state index contributed by atoms with van der Waals surface area (Å²) in [5.41, 5.74) is 2.96. The van der Waals surface area contributed by atoms with Crippen molar-refractivity contribution in [3.8, 4) is 0 Å². The van der Waals surface area contributed by atoms with Crippen LogP contribution < -0.4 is 0 Å². The quantitative estimate of drug-likeness (QED) is 0.766. The van der Waals surface area contributed by atoms with E-state index in [4.69, 9.17) is 0 Å². The second-order valence-corrected chi connectivity index (χ2v) is 10.8. The van der Waals surface area contributed by atoms with Crippen LogP contribution >= 0.6 is 35.3 Å². The van der Waals surface area contributed by atoms with Crippen molar-refractivity contribution in [1.29, 1.82) is 0 Å². The zero-order valence-corrected chi connectivity index (χ0v) is 14.3. The third kappa shape index (κ3) is 2.88. The van der Waals surface area contributed by atoms with Gasteiger partial charge in [0.15, 0.2) is 0 Å². The minimum Gasteiger partial charge on any atom is -0.141 e. The van der Waals surface area contributed by atoms with Gasteiger partial charge in [-0.05, 0) is 24.0 Å². The van der Waals surface area contributed by atoms with Crippen molar-refractivity contribution in [2.75, 3.05) is 11.5 Å². The molecule has 0 amide bonds. The first-order chi connectivity index (χ1) is 10.3. The Morgan fingerprint density at radius 2 is 1.10 bits per heavy atom. The molecular formula is C18H18S3. The summed E-state index contributed by atoms with van der Waals surface area (Å²) in [5.74, 6) is 2.56. The summed E-state index contributed by atoms with van der Waals surface area (Å²) >= 11 is 6.63. The van der Waals surface area contributed by atoms with Crippen LogP contribution in [0.25, 0.3) is 0 Å². The van der Waals surface area contributed by atoms with Gasteiger partial charge in [0.2, 0.25) is 0 Å². The molecule has 2 saturated heterocycles. The van der Waals surface area contributed by atoms with Crippen LogP contribution in [0.2, 0.25) is 0 Å². The zero-order valence-electron chi connectivity index (χ0n) is 11.8. The predicted octanol–water partition coefficient (Wildman–Crippen LogP) is 5.09. The lowest BCUT2D eigenvalue weighted by Crippen LogP contribution is -2.24. The Bertz CT molecular complexity index is 545. The fourth-order valence-electron chi connectivity index (χ4n) is 3.11. The Balaban J connectivity index is 1.50. The molecule has 0 spiro atoms. The van der Waals surface area contributed by atoms with Gasteiger partial charge in [-0.2, -0.15) is 0 Å². The van der Waals surface area contributed by atoms with Gasteiger partial charge in [-0.3, -0.25) is 0 Å². The van der Waals surface area contributed by atoms with Crippen molar-refractivity contribution >= 4 is 35.3 Å². The molecular weight excluding hydrogens is 312 g/mol. The molecule has 2 unspecified atom stereocenters. The van der Waals surface area contributed by atoms with Crippen LogP contribution in [0.1, 0.15) is 11.1 Å². The molecule has 0 aliphatic carbocycles. The highest BCUT2D eigenvalue weighted by molar-refractivity contribution is 8.33. The van der Waals surface area contributed by atoms with E-state index >= 15 is 0 Å². The van der Waals surface area contributed by atoms with Gasteiger partial charge in [0, 0.05) is 11.5 Å². The minimum atomic E-state index is 0.404. The van der Waals surface area contributed by atoms with E-state index in [1.54, 1.807) is 0 Å². The summed E-state index contributed by atoms with van der Waals surface area (Å²) in [6.07, 6.45) is 2.40. The zero-order chi connectivity index (χ0) is 14.2. The van der Waals surface area contributed by atoms with Crippen LogP contribution in [0, 0.1) is 0 Å². The predicted molar refractivity (Wildman–Crippen MR) is 98.3 cm³/mol. The molecule has 2 aromatic carbocycles. The third-order valence-electron chi connectivity index (χ3n) is 4.11. The second kappa shape index (κ2) is 5.60. The average molecular weight is 331 g/mol. The van der Waals surface area contributed by atoms with Crippen LogP contribution in [-0.2, 0) is 12.8 Å². The van der Waals surface area contributed by atoms with Crippen molar-refractivity contribution in [1.82, 2.24) is 0 Å². The number of benzene rings is 2. The minimum absolute atomic E-state index is 0.404. The molecule has 21 heavy (non-hydrogen) atoms. The van der Waals surface area contributed by atoms with E-state index in [-0.39, 0.29) is 0 Å². The molecule has 0 aromatic heterocycles. The Kier molecular flexibility index (Phi) is 3.76. The van der Waals surface area contributed by atoms with Crippen LogP contribution in [0.5, 0.6) is 0 Å². The number of hydrogen-bond acceptors (Lipinski definition) is 3. The summed E-state index contributed by atoms with van der Waals surface area (Å²) in [6, 6.07) is 22.0. The summed E-state index contributed by atoms with van der Waals surface area (Å²) in [4.78, 5) is 0. The summed E-state index contributed by atoms with van der Waals surface area (Å²) < 4.78 is 0.807. The van der Waals surface area contributed by atoms with Crippen molar-refractivity contribution in [3.63, 3.8) is 0 Å². The number of thioether (sulfide) groups is 3. The van der Waals surface area contributed by atoms with Crippen molar-refractivity contribution < 1.29 is 0 Å². The van der Waals surface area contributed by atoms with E-state index in [9.17, 15) is 0 Å². The molecule has 2 aliphatic rings. The SMILES string of the molecule is c1ccc(CC23CSC(Cc4ccccc4)(CS2)S3)cc1. The Labute approximate surface area is 139 Å². The van der Waals surface area contributed by atoms with Gasteiger partial charge < -0.3 is 0 Å². The van der Waals surface area contributed by atoms with Gasteiger partial charge in [-0.15, -0.1) is 35.3 Å². The molecule has 108 valence electrons. The van der Waals surface area contributed by atoms with E-state index in [0.717, 1.165) is 0 Å². The molecule has 2 aliphatic heterocycles. The fourth-order valence-corrected chi connectivity index (χ4v) is 9.76. The topological polar surface area (TPSA) is 0 Å². The Morgan fingerprint density at radius 1 is 0.667 bits per heavy atom. The maximum atomic E-state index is 2.27. The molecule has 0 radical (unpaired) electrons. The molecule has 0 nitrogen and oxygen atoms in total. The molecule has 3 heteroatoms. The molecule has 2 bridgehead atoms. The third-order valence-corrected chi connectivity index (χ3v) is 10.3. The van der Waals surface area contributed by atoms with Gasteiger partial charge >= 0.3 is 0 Å². The van der Waals surface area contributed by atoms with E-state index in [0.29, 0.717) is 8.16 Å². The first kappa shape index (κ1) is 14.1. The molecule has 2 fully saturated rings. The Hall–Kier alpha value is -0.510. The standard InChI is InChI=1S/C18H18S3/c1-3-7-15(8-4-1)11-17-13-20-18(21-17,14-19-17)12-16-9-5-2-6-10-16/h1-10H,11-14H2. The van der Waals surface area contributed by atoms with Crippen LogP contribution in [0.15, 0.2) is 60.7 Å². The lowest BCUT2D eigenvalue weighted by molar-refractivity contribution is 0.894. The van der Waals surface area contributed by atoms with Crippen molar-refractivity contribution in [2.45, 2.75) is 21.0 Å². The second-order valence-electron chi connectivity index (χ2n) is 5.83. The van der Waals surface area contributed by atoms with Gasteiger partial charge in [0.05, 0.1) is 8.16 Å². The van der Waals surface area contributed by atoms with Gasteiger partial charge in [-0.1, -0.05) is 60.7 Å². The van der Waals surface area contributed by atoms with Gasteiger partial charge in [-0.25, -0.2) is 0 Å². The van der Waals surface area contributed by atoms with Crippen LogP contribution in [-0.4, -0.2) is 19.7 Å². The molecule has 2 aromatic rings. The number of hydrogen-bond donors (Lipinski definition) is 0. The van der Waals surface area contributed by atoms with E-state index < -0.39 is 0 Å². The Morgan fingerprint density at radius 3 is 1.48 bits per heavy atom. The van der Waals surface area contributed by atoms with Crippen molar-refractivity contribution in [2.24, 2.45) is 0 Å². The normalized spacial score (nSPS) is 30.7. The highest BCUT2D eigenvalue weighted by Gasteiger charge is 2.56. The highest BCUT2D eigenvalue weighted by Crippen LogP contribution is 2.68. The first-order valence-electron chi connectivity index (χ1n) is 7.34. The van der Waals surface area contributed by atoms with Gasteiger partial charge in [0.1, 0.15) is 0 Å². The van der Waals surface area contributed by atoms with Crippen LogP contribution in [0.4, 0.5) is 0 Å². The van der Waals surface area contributed by atoms with E-state index in [1.165, 1.54) is 35.5 Å². The first-order valence-corrected chi connectivity index (χ1v) is 10.1. The molecule has 0 N–H and O–H groups in total. The van der Waals surface area contributed by atoms with E-state index in [2.05, 4.69) is 95.9 Å². The number of fused-ring (bicyclic) bond motifs is 2. The van der Waals surface area contributed by atoms with Crippen LogP contribution in [0.3, 0.4) is 0 Å². The summed E-state index contributed by atoms with van der Waals surface area (Å²) in [5, 5.41) is 0. The monoisotopic (exact) mass is 330 g/mol. The summed E-state index contributed by atoms with van der Waals surface area (Å²) in [7, 11) is 0. The average Bonchev–Trinajstić information content (AvgIpc) is 3.04. The maximum Gasteiger partial charge on any atom is 0.0756 e. The molecule has 2 heterocycles.